The van der Waals surface area contributed by atoms with Crippen molar-refractivity contribution in [2.24, 2.45) is 0 Å². The van der Waals surface area contributed by atoms with Crippen molar-refractivity contribution in [1.82, 2.24) is 5.32 Å². The maximum absolute atomic E-state index is 12.9. The van der Waals surface area contributed by atoms with Crippen molar-refractivity contribution in [3.8, 4) is 0 Å². The summed E-state index contributed by atoms with van der Waals surface area (Å²) in [6.45, 7) is 5.56. The molecule has 1 amide bonds. The minimum atomic E-state index is -3.75. The molecule has 0 aliphatic carbocycles. The number of rotatable bonds is 5. The van der Waals surface area contributed by atoms with Crippen LogP contribution in [-0.2, 0) is 10.0 Å². The summed E-state index contributed by atoms with van der Waals surface area (Å²) in [6.07, 6.45) is 0. The summed E-state index contributed by atoms with van der Waals surface area (Å²) >= 11 is 0. The van der Waals surface area contributed by atoms with Gasteiger partial charge in [0.05, 0.1) is 10.6 Å². The Morgan fingerprint density at radius 2 is 1.75 bits per heavy atom. The van der Waals surface area contributed by atoms with Crippen LogP contribution in [0.5, 0.6) is 0 Å². The van der Waals surface area contributed by atoms with Crippen LogP contribution in [0.1, 0.15) is 29.8 Å². The van der Waals surface area contributed by atoms with Crippen LogP contribution in [0.3, 0.4) is 0 Å². The Bertz CT molecular complexity index is 845. The van der Waals surface area contributed by atoms with Crippen LogP contribution in [0.2, 0.25) is 0 Å². The summed E-state index contributed by atoms with van der Waals surface area (Å²) in [5, 5.41) is 2.76. The molecule has 0 aliphatic rings. The quantitative estimate of drug-likeness (QED) is 0.905. The molecular weight excluding hydrogens is 324 g/mol. The SMILES string of the molecule is Cc1ccccc1N(C)S(=O)(=O)c1cccc(C(=O)NC(C)C)c1. The van der Waals surface area contributed by atoms with Gasteiger partial charge in [-0.05, 0) is 50.6 Å². The summed E-state index contributed by atoms with van der Waals surface area (Å²) in [7, 11) is -2.23. The zero-order valence-electron chi connectivity index (χ0n) is 14.3. The second-order valence-corrected chi connectivity index (χ2v) is 7.88. The highest BCUT2D eigenvalue weighted by Crippen LogP contribution is 2.25. The van der Waals surface area contributed by atoms with Crippen LogP contribution in [0, 0.1) is 6.92 Å². The Labute approximate surface area is 143 Å². The third-order valence-corrected chi connectivity index (χ3v) is 5.40. The smallest absolute Gasteiger partial charge is 0.264 e. The third kappa shape index (κ3) is 3.76. The third-order valence-electron chi connectivity index (χ3n) is 3.63. The summed E-state index contributed by atoms with van der Waals surface area (Å²) in [6, 6.07) is 13.3. The molecular formula is C18H22N2O3S. The van der Waals surface area contributed by atoms with Gasteiger partial charge < -0.3 is 5.32 Å². The molecule has 0 aromatic heterocycles. The number of carbonyl (C=O) groups is 1. The number of nitrogens with one attached hydrogen (secondary N) is 1. The lowest BCUT2D eigenvalue weighted by Crippen LogP contribution is -2.31. The number of amides is 1. The van der Waals surface area contributed by atoms with Gasteiger partial charge in [-0.1, -0.05) is 24.3 Å². The molecule has 24 heavy (non-hydrogen) atoms. The molecule has 2 rings (SSSR count). The molecule has 0 aliphatic heterocycles. The summed E-state index contributed by atoms with van der Waals surface area (Å²) in [5.41, 5.74) is 1.79. The van der Waals surface area contributed by atoms with E-state index in [1.807, 2.05) is 32.9 Å². The highest BCUT2D eigenvalue weighted by molar-refractivity contribution is 7.92. The standard InChI is InChI=1S/C18H22N2O3S/c1-13(2)19-18(21)15-9-7-10-16(12-15)24(22,23)20(4)17-11-6-5-8-14(17)3/h5-13H,1-4H3,(H,19,21). The average molecular weight is 346 g/mol. The monoisotopic (exact) mass is 346 g/mol. The van der Waals surface area contributed by atoms with Crippen molar-refractivity contribution in [3.05, 3.63) is 59.7 Å². The van der Waals surface area contributed by atoms with Crippen LogP contribution < -0.4 is 9.62 Å². The normalized spacial score (nSPS) is 11.4. The fourth-order valence-corrected chi connectivity index (χ4v) is 3.65. The molecule has 128 valence electrons. The molecule has 0 atom stereocenters. The van der Waals surface area contributed by atoms with Gasteiger partial charge in [0.2, 0.25) is 0 Å². The summed E-state index contributed by atoms with van der Waals surface area (Å²) in [4.78, 5) is 12.2. The van der Waals surface area contributed by atoms with Crippen molar-refractivity contribution < 1.29 is 13.2 Å². The molecule has 0 fully saturated rings. The minimum Gasteiger partial charge on any atom is -0.350 e. The van der Waals surface area contributed by atoms with Crippen molar-refractivity contribution in [3.63, 3.8) is 0 Å². The van der Waals surface area contributed by atoms with Crippen LogP contribution >= 0.6 is 0 Å². The zero-order chi connectivity index (χ0) is 17.9. The Hall–Kier alpha value is -2.34. The average Bonchev–Trinajstić information content (AvgIpc) is 2.54. The van der Waals surface area contributed by atoms with Crippen LogP contribution in [0.4, 0.5) is 5.69 Å². The first-order valence-electron chi connectivity index (χ1n) is 7.69. The molecule has 5 nitrogen and oxygen atoms in total. The van der Waals surface area contributed by atoms with Gasteiger partial charge in [-0.15, -0.1) is 0 Å². The molecule has 0 unspecified atom stereocenters. The number of sulfonamides is 1. The largest absolute Gasteiger partial charge is 0.350 e. The van der Waals surface area contributed by atoms with Crippen LogP contribution in [-0.4, -0.2) is 27.4 Å². The lowest BCUT2D eigenvalue weighted by atomic mass is 10.2. The number of benzene rings is 2. The van der Waals surface area contributed by atoms with Crippen molar-refractivity contribution in [2.75, 3.05) is 11.4 Å². The molecule has 0 saturated carbocycles. The van der Waals surface area contributed by atoms with Crippen molar-refractivity contribution in [2.45, 2.75) is 31.7 Å². The molecule has 0 spiro atoms. The molecule has 1 N–H and O–H groups in total. The predicted octanol–water partition coefficient (Wildman–Crippen LogP) is 2.96. The number of carbonyl (C=O) groups excluding carboxylic acids is 1. The number of para-hydroxylation sites is 1. The van der Waals surface area contributed by atoms with Crippen LogP contribution in [0.15, 0.2) is 53.4 Å². The lowest BCUT2D eigenvalue weighted by Gasteiger charge is -2.21. The number of nitrogens with zero attached hydrogens (tertiary/aromatic N) is 1. The first-order chi connectivity index (χ1) is 11.2. The first-order valence-corrected chi connectivity index (χ1v) is 9.13. The van der Waals surface area contributed by atoms with Gasteiger partial charge in [-0.3, -0.25) is 9.10 Å². The zero-order valence-corrected chi connectivity index (χ0v) is 15.1. The Morgan fingerprint density at radius 3 is 2.38 bits per heavy atom. The molecule has 0 bridgehead atoms. The summed E-state index contributed by atoms with van der Waals surface area (Å²) < 4.78 is 27.0. The molecule has 0 saturated heterocycles. The second-order valence-electron chi connectivity index (χ2n) is 5.92. The van der Waals surface area contributed by atoms with Gasteiger partial charge >= 0.3 is 0 Å². The maximum atomic E-state index is 12.9. The maximum Gasteiger partial charge on any atom is 0.264 e. The topological polar surface area (TPSA) is 66.5 Å². The van der Waals surface area contributed by atoms with E-state index in [-0.39, 0.29) is 16.8 Å². The number of hydrogen-bond donors (Lipinski definition) is 1. The number of aryl methyl sites for hydroxylation is 1. The van der Waals surface area contributed by atoms with E-state index in [1.165, 1.54) is 23.5 Å². The van der Waals surface area contributed by atoms with E-state index < -0.39 is 10.0 Å². The van der Waals surface area contributed by atoms with Gasteiger partial charge in [0, 0.05) is 18.7 Å². The predicted molar refractivity (Wildman–Crippen MR) is 95.8 cm³/mol. The molecule has 2 aromatic rings. The van der Waals surface area contributed by atoms with Gasteiger partial charge in [-0.2, -0.15) is 0 Å². The van der Waals surface area contributed by atoms with E-state index in [0.717, 1.165) is 5.56 Å². The van der Waals surface area contributed by atoms with Gasteiger partial charge in [-0.25, -0.2) is 8.42 Å². The Morgan fingerprint density at radius 1 is 1.08 bits per heavy atom. The first kappa shape index (κ1) is 18.0. The number of anilines is 1. The van der Waals surface area contributed by atoms with E-state index in [0.29, 0.717) is 11.3 Å². The highest BCUT2D eigenvalue weighted by atomic mass is 32.2. The van der Waals surface area contributed by atoms with Crippen molar-refractivity contribution in [1.29, 1.82) is 0 Å². The molecule has 2 aromatic carbocycles. The highest BCUT2D eigenvalue weighted by Gasteiger charge is 2.23. The van der Waals surface area contributed by atoms with E-state index >= 15 is 0 Å². The van der Waals surface area contributed by atoms with E-state index in [9.17, 15) is 13.2 Å². The van der Waals surface area contributed by atoms with E-state index in [1.54, 1.807) is 24.3 Å². The van der Waals surface area contributed by atoms with Crippen LogP contribution in [0.25, 0.3) is 0 Å². The second kappa shape index (κ2) is 7.05. The number of hydrogen-bond acceptors (Lipinski definition) is 3. The Balaban J connectivity index is 2.40. The van der Waals surface area contributed by atoms with E-state index in [2.05, 4.69) is 5.32 Å². The fourth-order valence-electron chi connectivity index (χ4n) is 2.35. The molecule has 0 radical (unpaired) electrons. The molecule has 6 heteroatoms. The van der Waals surface area contributed by atoms with Gasteiger partial charge in [0.1, 0.15) is 0 Å². The summed E-state index contributed by atoms with van der Waals surface area (Å²) in [5.74, 6) is -0.291. The lowest BCUT2D eigenvalue weighted by molar-refractivity contribution is 0.0943. The van der Waals surface area contributed by atoms with Gasteiger partial charge in [0.25, 0.3) is 15.9 Å². The minimum absolute atomic E-state index is 0.0209. The van der Waals surface area contributed by atoms with Gasteiger partial charge in [0.15, 0.2) is 0 Å². The van der Waals surface area contributed by atoms with E-state index in [4.69, 9.17) is 0 Å². The fraction of sp³-hybridized carbons (Fsp3) is 0.278. The molecule has 0 heterocycles. The Kier molecular flexibility index (Phi) is 5.29. The van der Waals surface area contributed by atoms with Crippen molar-refractivity contribution >= 4 is 21.6 Å².